The standard InChI is InChI=1S/4C17H31.Cr/c4*1-5-6-9-16(3,4)14(2)12-17-10-7-15(13-17)8-11-17;/h4*12,14-15H,5-11,13H2,1-4H3;. The molecule has 8 aliphatic carbocycles. The summed E-state index contributed by atoms with van der Waals surface area (Å²) in [6.07, 6.45) is 49.0. The molecule has 0 saturated heterocycles. The summed E-state index contributed by atoms with van der Waals surface area (Å²) >= 11 is -3.06. The van der Waals surface area contributed by atoms with E-state index in [-0.39, 0.29) is 0 Å². The fourth-order valence-corrected chi connectivity index (χ4v) is 39.0. The number of unbranched alkanes of at least 4 members (excludes halogenated alkanes) is 4. The monoisotopic (exact) mass is 993 g/mol. The van der Waals surface area contributed by atoms with Gasteiger partial charge in [-0.05, 0) is 0 Å². The van der Waals surface area contributed by atoms with Crippen LogP contribution < -0.4 is 0 Å². The van der Waals surface area contributed by atoms with E-state index < -0.39 is 13.1 Å². The van der Waals surface area contributed by atoms with Crippen molar-refractivity contribution < 1.29 is 13.1 Å². The van der Waals surface area contributed by atoms with Crippen LogP contribution in [-0.2, 0) is 13.1 Å². The molecule has 0 N–H and O–H groups in total. The molecule has 8 rings (SSSR count). The Balaban J connectivity index is 1.62. The molecular weight excluding hydrogens is 869 g/mol. The zero-order valence-corrected chi connectivity index (χ0v) is 51.2. The Bertz CT molecular complexity index is 1400. The Morgan fingerprint density at radius 3 is 0.638 bits per heavy atom. The maximum atomic E-state index is 3.10. The Morgan fingerprint density at radius 1 is 0.333 bits per heavy atom. The summed E-state index contributed by atoms with van der Waals surface area (Å²) in [5.74, 6) is 7.26. The van der Waals surface area contributed by atoms with Crippen molar-refractivity contribution in [1.82, 2.24) is 0 Å². The molecule has 0 aromatic rings. The first-order valence-electron chi connectivity index (χ1n) is 32.3. The second kappa shape index (κ2) is 20.8. The summed E-state index contributed by atoms with van der Waals surface area (Å²) in [6, 6.07) is 0. The number of rotatable bonds is 28. The second-order valence-corrected chi connectivity index (χ2v) is 37.8. The van der Waals surface area contributed by atoms with Crippen molar-refractivity contribution in [3.8, 4) is 0 Å². The molecule has 0 radical (unpaired) electrons. The minimum absolute atomic E-state index is 0.365. The maximum absolute atomic E-state index is 3.10. The van der Waals surface area contributed by atoms with Crippen molar-refractivity contribution in [3.63, 3.8) is 0 Å². The first-order chi connectivity index (χ1) is 32.5. The molecule has 0 aromatic heterocycles. The van der Waals surface area contributed by atoms with Gasteiger partial charge in [0.05, 0.1) is 0 Å². The Morgan fingerprint density at radius 2 is 0.507 bits per heavy atom. The SMILES string of the molecule is CCCCC(C)(C)C(C)[CH](C12CCC(CC1)C2)[Cr]([CH](C(C)C(C)(C)CCCC)C12CCC(CC1)C2)([CH](C(C)C(C)(C)CCCC)C12CCC(CC1)C2)[CH](C(C)C(C)(C)CCCC)C12CCC(CC1)C2. The van der Waals surface area contributed by atoms with Gasteiger partial charge in [-0.25, -0.2) is 0 Å². The zero-order chi connectivity index (χ0) is 50.1. The van der Waals surface area contributed by atoms with Gasteiger partial charge in [0.25, 0.3) is 0 Å². The van der Waals surface area contributed by atoms with Gasteiger partial charge in [0.1, 0.15) is 0 Å². The van der Waals surface area contributed by atoms with Crippen LogP contribution in [0.2, 0.25) is 19.1 Å². The Labute approximate surface area is 436 Å². The van der Waals surface area contributed by atoms with Gasteiger partial charge in [-0.3, -0.25) is 0 Å². The zero-order valence-electron chi connectivity index (χ0n) is 50.0. The molecule has 8 bridgehead atoms. The molecule has 0 aromatic carbocycles. The topological polar surface area (TPSA) is 0 Å². The molecule has 8 saturated carbocycles. The average Bonchev–Trinajstić information content (AvgIpc) is 4.20. The van der Waals surface area contributed by atoms with Crippen LogP contribution in [0, 0.1) is 90.7 Å². The van der Waals surface area contributed by atoms with Crippen LogP contribution >= 0.6 is 0 Å². The molecule has 0 aliphatic heterocycles. The molecule has 402 valence electrons. The van der Waals surface area contributed by atoms with Gasteiger partial charge < -0.3 is 0 Å². The molecule has 1 heteroatoms. The molecule has 0 amide bonds. The molecule has 0 spiro atoms. The molecule has 0 nitrogen and oxygen atoms in total. The van der Waals surface area contributed by atoms with Crippen molar-refractivity contribution >= 4 is 0 Å². The van der Waals surface area contributed by atoms with Gasteiger partial charge in [0.15, 0.2) is 0 Å². The fourth-order valence-electron chi connectivity index (χ4n) is 21.8. The van der Waals surface area contributed by atoms with Crippen LogP contribution in [0.1, 0.15) is 316 Å². The minimum atomic E-state index is -3.06. The van der Waals surface area contributed by atoms with Crippen molar-refractivity contribution in [2.45, 2.75) is 335 Å². The number of fused-ring (bicyclic) bond motifs is 8. The molecule has 69 heavy (non-hydrogen) atoms. The summed E-state index contributed by atoms with van der Waals surface area (Å²) in [4.78, 5) is 0. The van der Waals surface area contributed by atoms with Gasteiger partial charge >= 0.3 is 439 Å². The Kier molecular flexibility index (Phi) is 16.8. The van der Waals surface area contributed by atoms with Crippen LogP contribution in [0.25, 0.3) is 0 Å². The average molecular weight is 994 g/mol. The van der Waals surface area contributed by atoms with Crippen LogP contribution in [0.15, 0.2) is 0 Å². The van der Waals surface area contributed by atoms with Crippen LogP contribution in [0.4, 0.5) is 0 Å². The van der Waals surface area contributed by atoms with Crippen molar-refractivity contribution in [1.29, 1.82) is 0 Å². The molecule has 8 unspecified atom stereocenters. The summed E-state index contributed by atoms with van der Waals surface area (Å²) in [5, 5.41) is 0. The quantitative estimate of drug-likeness (QED) is 0.0733. The van der Waals surface area contributed by atoms with E-state index in [2.05, 4.69) is 111 Å². The Hall–Kier alpha value is 0.532. The third-order valence-corrected chi connectivity index (χ3v) is 38.0. The van der Waals surface area contributed by atoms with Gasteiger partial charge in [0.2, 0.25) is 0 Å². The van der Waals surface area contributed by atoms with Crippen molar-refractivity contribution in [3.05, 3.63) is 0 Å². The normalized spacial score (nSPS) is 38.0. The molecule has 8 fully saturated rings. The van der Waals surface area contributed by atoms with Crippen molar-refractivity contribution in [2.24, 2.45) is 90.7 Å². The van der Waals surface area contributed by atoms with Gasteiger partial charge in [-0.2, -0.15) is 0 Å². The van der Waals surface area contributed by atoms with E-state index >= 15 is 0 Å². The summed E-state index contributed by atoms with van der Waals surface area (Å²) < 4.78 is 3.85. The van der Waals surface area contributed by atoms with Gasteiger partial charge in [-0.15, -0.1) is 0 Å². The van der Waals surface area contributed by atoms with E-state index in [0.717, 1.165) is 66.5 Å². The second-order valence-electron chi connectivity index (χ2n) is 32.1. The first kappa shape index (κ1) is 55.8. The van der Waals surface area contributed by atoms with E-state index in [4.69, 9.17) is 0 Å². The third kappa shape index (κ3) is 9.73. The van der Waals surface area contributed by atoms with E-state index in [1.165, 1.54) is 77.0 Å². The predicted molar refractivity (Wildman–Crippen MR) is 301 cm³/mol. The van der Waals surface area contributed by atoms with E-state index in [9.17, 15) is 0 Å². The summed E-state index contributed by atoms with van der Waals surface area (Å²) in [7, 11) is 0. The predicted octanol–water partition coefficient (Wildman–Crippen LogP) is 23.0. The number of hydrogen-bond donors (Lipinski definition) is 0. The fraction of sp³-hybridized carbons (Fsp3) is 1.00. The van der Waals surface area contributed by atoms with Crippen LogP contribution in [0.3, 0.4) is 0 Å². The summed E-state index contributed by atoms with van der Waals surface area (Å²) in [6.45, 7) is 45.9. The number of hydrogen-bond acceptors (Lipinski definition) is 0. The van der Waals surface area contributed by atoms with E-state index in [1.54, 1.807) is 128 Å². The third-order valence-electron chi connectivity index (χ3n) is 26.8. The summed E-state index contributed by atoms with van der Waals surface area (Å²) in [5.41, 5.74) is 3.70. The van der Waals surface area contributed by atoms with Crippen molar-refractivity contribution in [2.75, 3.05) is 0 Å². The van der Waals surface area contributed by atoms with E-state index in [1.807, 2.05) is 0 Å². The van der Waals surface area contributed by atoms with Gasteiger partial charge in [0, 0.05) is 0 Å². The van der Waals surface area contributed by atoms with Crippen LogP contribution in [0.5, 0.6) is 0 Å². The first-order valence-corrected chi connectivity index (χ1v) is 35.2. The molecule has 0 heterocycles. The van der Waals surface area contributed by atoms with Crippen LogP contribution in [-0.4, -0.2) is 0 Å². The molecule has 8 aliphatic rings. The molecular formula is C68H124Cr. The molecule has 8 atom stereocenters. The van der Waals surface area contributed by atoms with E-state index in [0.29, 0.717) is 43.3 Å². The van der Waals surface area contributed by atoms with Gasteiger partial charge in [-0.1, -0.05) is 0 Å².